The topological polar surface area (TPSA) is 0 Å². The molecule has 0 aliphatic carbocycles. The van der Waals surface area contributed by atoms with E-state index in [0.717, 1.165) is 0 Å². The lowest BCUT2D eigenvalue weighted by atomic mass is 9.59. The van der Waals surface area contributed by atoms with Crippen LogP contribution in [-0.4, -0.2) is 0 Å². The summed E-state index contributed by atoms with van der Waals surface area (Å²) in [7, 11) is 0. The van der Waals surface area contributed by atoms with Crippen molar-refractivity contribution in [2.75, 3.05) is 0 Å². The Morgan fingerprint density at radius 2 is 1.11 bits per heavy atom. The number of hydrogen-bond donors (Lipinski definition) is 0. The highest BCUT2D eigenvalue weighted by Crippen LogP contribution is 2.46. The third-order valence-corrected chi connectivity index (χ3v) is 3.76. The molecule has 2 rings (SSSR count). The molecule has 0 unspecified atom stereocenters. The molecule has 0 bridgehead atoms. The first-order valence-electron chi connectivity index (χ1n) is 6.61. The maximum Gasteiger partial charge on any atom is 0.0857 e. The van der Waals surface area contributed by atoms with Crippen LogP contribution in [0.5, 0.6) is 0 Å². The Kier molecular flexibility index (Phi) is 3.49. The Hall–Kier alpha value is -2.00. The molecule has 0 spiro atoms. The van der Waals surface area contributed by atoms with Gasteiger partial charge in [0.05, 0.1) is 5.41 Å². The molecule has 0 heterocycles. The lowest BCUT2D eigenvalue weighted by Crippen LogP contribution is -2.39. The summed E-state index contributed by atoms with van der Waals surface area (Å²) in [4.78, 5) is 0. The second kappa shape index (κ2) is 4.94. The lowest BCUT2D eigenvalue weighted by Gasteiger charge is -2.42. The molecule has 0 atom stereocenters. The second-order valence-electron chi connectivity index (χ2n) is 5.88. The molecule has 0 aromatic heterocycles. The standard InChI is InChI=1S/C19H20/c1-5-19(18(2,3)4,16-12-8-6-9-13-16)17-14-10-7-11-15-17/h1,6-15H,2-4H3. The Morgan fingerprint density at radius 1 is 0.737 bits per heavy atom. The van der Waals surface area contributed by atoms with E-state index in [0.29, 0.717) is 0 Å². The highest BCUT2D eigenvalue weighted by Gasteiger charge is 2.43. The fourth-order valence-corrected chi connectivity index (χ4v) is 2.79. The fourth-order valence-electron chi connectivity index (χ4n) is 2.79. The van der Waals surface area contributed by atoms with Gasteiger partial charge in [-0.25, -0.2) is 0 Å². The van der Waals surface area contributed by atoms with Crippen LogP contribution in [0.4, 0.5) is 0 Å². The van der Waals surface area contributed by atoms with Crippen molar-refractivity contribution in [3.8, 4) is 12.3 Å². The minimum Gasteiger partial charge on any atom is -0.119 e. The summed E-state index contributed by atoms with van der Waals surface area (Å²) in [5, 5.41) is 0. The molecule has 0 nitrogen and oxygen atoms in total. The average molecular weight is 248 g/mol. The first-order chi connectivity index (χ1) is 9.02. The first-order valence-corrected chi connectivity index (χ1v) is 6.61. The molecule has 0 saturated heterocycles. The van der Waals surface area contributed by atoms with Gasteiger partial charge in [0.1, 0.15) is 0 Å². The van der Waals surface area contributed by atoms with E-state index in [9.17, 15) is 0 Å². The van der Waals surface area contributed by atoms with Gasteiger partial charge in [0.15, 0.2) is 0 Å². The average Bonchev–Trinajstić information content (AvgIpc) is 2.41. The van der Waals surface area contributed by atoms with Crippen LogP contribution in [0.25, 0.3) is 0 Å². The van der Waals surface area contributed by atoms with Gasteiger partial charge < -0.3 is 0 Å². The van der Waals surface area contributed by atoms with Crippen LogP contribution in [-0.2, 0) is 5.41 Å². The van der Waals surface area contributed by atoms with Gasteiger partial charge in [-0.2, -0.15) is 0 Å². The summed E-state index contributed by atoms with van der Waals surface area (Å²) in [6, 6.07) is 20.8. The summed E-state index contributed by atoms with van der Waals surface area (Å²) in [6.07, 6.45) is 6.01. The minimum absolute atomic E-state index is 0.0650. The molecule has 0 saturated carbocycles. The van der Waals surface area contributed by atoms with Gasteiger partial charge in [0.2, 0.25) is 0 Å². The smallest absolute Gasteiger partial charge is 0.0857 e. The molecule has 0 aliphatic rings. The summed E-state index contributed by atoms with van der Waals surface area (Å²) in [5.41, 5.74) is 1.88. The zero-order chi connectivity index (χ0) is 13.9. The SMILES string of the molecule is C#CC(c1ccccc1)(c1ccccc1)C(C)(C)C. The van der Waals surface area contributed by atoms with Gasteiger partial charge in [0, 0.05) is 0 Å². The molecule has 0 fully saturated rings. The first kappa shape index (κ1) is 13.4. The Bertz CT molecular complexity index is 525. The molecule has 2 aromatic rings. The van der Waals surface area contributed by atoms with Crippen molar-refractivity contribution in [3.63, 3.8) is 0 Å². The van der Waals surface area contributed by atoms with Gasteiger partial charge >= 0.3 is 0 Å². The molecule has 2 aromatic carbocycles. The van der Waals surface area contributed by atoms with Crippen LogP contribution in [0, 0.1) is 17.8 Å². The molecule has 96 valence electrons. The molecular formula is C19H20. The molecule has 0 radical (unpaired) electrons. The fraction of sp³-hybridized carbons (Fsp3) is 0.263. The number of benzene rings is 2. The van der Waals surface area contributed by atoms with Gasteiger partial charge in [-0.3, -0.25) is 0 Å². The normalized spacial score (nSPS) is 11.9. The Labute approximate surface area is 116 Å². The quantitative estimate of drug-likeness (QED) is 0.678. The van der Waals surface area contributed by atoms with Gasteiger partial charge in [-0.05, 0) is 16.5 Å². The van der Waals surface area contributed by atoms with Crippen molar-refractivity contribution >= 4 is 0 Å². The number of terminal acetylenes is 1. The van der Waals surface area contributed by atoms with Crippen molar-refractivity contribution in [3.05, 3.63) is 71.8 Å². The minimum atomic E-state index is -0.407. The summed E-state index contributed by atoms with van der Waals surface area (Å²) >= 11 is 0. The van der Waals surface area contributed by atoms with Crippen LogP contribution in [0.1, 0.15) is 31.9 Å². The van der Waals surface area contributed by atoms with E-state index in [2.05, 4.69) is 75.2 Å². The van der Waals surface area contributed by atoms with Crippen molar-refractivity contribution in [1.82, 2.24) is 0 Å². The largest absolute Gasteiger partial charge is 0.119 e. The summed E-state index contributed by atoms with van der Waals surface area (Å²) in [6.45, 7) is 6.60. The number of hydrogen-bond acceptors (Lipinski definition) is 0. The van der Waals surface area contributed by atoms with E-state index >= 15 is 0 Å². The third-order valence-electron chi connectivity index (χ3n) is 3.76. The van der Waals surface area contributed by atoms with E-state index in [1.54, 1.807) is 0 Å². The highest BCUT2D eigenvalue weighted by atomic mass is 14.4. The summed E-state index contributed by atoms with van der Waals surface area (Å²) in [5.74, 6) is 3.09. The van der Waals surface area contributed by atoms with E-state index in [4.69, 9.17) is 6.42 Å². The van der Waals surface area contributed by atoms with Crippen LogP contribution in [0.3, 0.4) is 0 Å². The zero-order valence-corrected chi connectivity index (χ0v) is 11.9. The Balaban J connectivity index is 2.75. The van der Waals surface area contributed by atoms with E-state index in [1.165, 1.54) is 11.1 Å². The molecule has 0 aliphatic heterocycles. The maximum atomic E-state index is 6.01. The third kappa shape index (κ3) is 2.17. The molecular weight excluding hydrogens is 228 g/mol. The predicted octanol–water partition coefficient (Wildman–Crippen LogP) is 4.65. The van der Waals surface area contributed by atoms with Crippen LogP contribution >= 0.6 is 0 Å². The van der Waals surface area contributed by atoms with Crippen LogP contribution in [0.2, 0.25) is 0 Å². The van der Waals surface area contributed by atoms with E-state index in [1.807, 2.05) is 12.1 Å². The van der Waals surface area contributed by atoms with Gasteiger partial charge in [0.25, 0.3) is 0 Å². The van der Waals surface area contributed by atoms with Crippen LogP contribution < -0.4 is 0 Å². The van der Waals surface area contributed by atoms with Crippen molar-refractivity contribution in [2.45, 2.75) is 26.2 Å². The number of rotatable bonds is 2. The predicted molar refractivity (Wildman–Crippen MR) is 82.0 cm³/mol. The molecule has 0 amide bonds. The Morgan fingerprint density at radius 3 is 1.37 bits per heavy atom. The molecule has 0 heteroatoms. The van der Waals surface area contributed by atoms with Crippen molar-refractivity contribution in [2.24, 2.45) is 5.41 Å². The maximum absolute atomic E-state index is 6.01. The molecule has 19 heavy (non-hydrogen) atoms. The zero-order valence-electron chi connectivity index (χ0n) is 11.9. The highest BCUT2D eigenvalue weighted by molar-refractivity contribution is 5.49. The van der Waals surface area contributed by atoms with E-state index < -0.39 is 5.41 Å². The van der Waals surface area contributed by atoms with Crippen LogP contribution in [0.15, 0.2) is 60.7 Å². The second-order valence-corrected chi connectivity index (χ2v) is 5.88. The monoisotopic (exact) mass is 248 g/mol. The van der Waals surface area contributed by atoms with Crippen molar-refractivity contribution in [1.29, 1.82) is 0 Å². The van der Waals surface area contributed by atoms with Gasteiger partial charge in [-0.15, -0.1) is 6.42 Å². The van der Waals surface area contributed by atoms with E-state index in [-0.39, 0.29) is 5.41 Å². The molecule has 0 N–H and O–H groups in total. The van der Waals surface area contributed by atoms with Crippen molar-refractivity contribution < 1.29 is 0 Å². The summed E-state index contributed by atoms with van der Waals surface area (Å²) < 4.78 is 0. The lowest BCUT2D eigenvalue weighted by molar-refractivity contribution is 0.292. The van der Waals surface area contributed by atoms with Gasteiger partial charge in [-0.1, -0.05) is 87.4 Å².